The van der Waals surface area contributed by atoms with E-state index >= 15 is 0 Å². The third-order valence-corrected chi connectivity index (χ3v) is 4.20. The number of fused-ring (bicyclic) bond motifs is 1. The highest BCUT2D eigenvalue weighted by Gasteiger charge is 2.31. The van der Waals surface area contributed by atoms with Crippen LogP contribution in [0.15, 0.2) is 47.4 Å². The number of aromatic nitrogens is 2. The third kappa shape index (κ3) is 3.46. The Hall–Kier alpha value is -2.68. The van der Waals surface area contributed by atoms with Gasteiger partial charge in [-0.3, -0.25) is 4.79 Å². The van der Waals surface area contributed by atoms with Gasteiger partial charge in [-0.2, -0.15) is 4.98 Å². The number of rotatable bonds is 3. The van der Waals surface area contributed by atoms with E-state index in [2.05, 4.69) is 14.7 Å². The molecule has 0 fully saturated rings. The van der Waals surface area contributed by atoms with Crippen molar-refractivity contribution < 1.29 is 17.9 Å². The second-order valence-corrected chi connectivity index (χ2v) is 5.71. The van der Waals surface area contributed by atoms with Crippen molar-refractivity contribution in [3.63, 3.8) is 0 Å². The van der Waals surface area contributed by atoms with E-state index in [0.717, 1.165) is 0 Å². The summed E-state index contributed by atoms with van der Waals surface area (Å²) in [6.07, 6.45) is -3.16. The van der Waals surface area contributed by atoms with Crippen molar-refractivity contribution in [3.8, 4) is 5.75 Å². The lowest BCUT2D eigenvalue weighted by Gasteiger charge is -2.18. The molecule has 0 aliphatic rings. The molecule has 5 nitrogen and oxygen atoms in total. The highest BCUT2D eigenvalue weighted by atomic mass is 32.1. The lowest BCUT2D eigenvalue weighted by atomic mass is 10.3. The maximum atomic E-state index is 12.2. The molecule has 9 heteroatoms. The molecule has 0 aliphatic carbocycles. The SMILES string of the molecule is CN(c1ccc(OC(F)(F)F)cc1)c1nc(=O)c2cccnc2s1. The van der Waals surface area contributed by atoms with Crippen LogP contribution in [0, 0.1) is 0 Å². The van der Waals surface area contributed by atoms with Crippen molar-refractivity contribution in [2.75, 3.05) is 11.9 Å². The van der Waals surface area contributed by atoms with Crippen LogP contribution < -0.4 is 15.2 Å². The van der Waals surface area contributed by atoms with Crippen LogP contribution in [0.3, 0.4) is 0 Å². The number of pyridine rings is 1. The van der Waals surface area contributed by atoms with E-state index in [-0.39, 0.29) is 5.75 Å². The van der Waals surface area contributed by atoms with Crippen molar-refractivity contribution in [2.45, 2.75) is 6.36 Å². The Labute approximate surface area is 138 Å². The van der Waals surface area contributed by atoms with Crippen LogP contribution in [0.2, 0.25) is 0 Å². The molecule has 0 bridgehead atoms. The number of benzene rings is 1. The minimum absolute atomic E-state index is 0.319. The van der Waals surface area contributed by atoms with Gasteiger partial charge in [-0.05, 0) is 36.4 Å². The number of hydrogen-bond donors (Lipinski definition) is 0. The number of halogens is 3. The maximum absolute atomic E-state index is 12.2. The highest BCUT2D eigenvalue weighted by molar-refractivity contribution is 7.21. The van der Waals surface area contributed by atoms with Crippen LogP contribution in [0.1, 0.15) is 0 Å². The zero-order valence-corrected chi connectivity index (χ0v) is 13.1. The molecule has 0 spiro atoms. The van der Waals surface area contributed by atoms with E-state index in [4.69, 9.17) is 0 Å². The molecule has 3 aromatic rings. The van der Waals surface area contributed by atoms with Gasteiger partial charge in [0.15, 0.2) is 5.13 Å². The molecule has 2 heterocycles. The van der Waals surface area contributed by atoms with Crippen molar-refractivity contribution in [1.82, 2.24) is 9.97 Å². The van der Waals surface area contributed by atoms with Crippen LogP contribution >= 0.6 is 11.3 Å². The molecule has 2 aromatic heterocycles. The Balaban J connectivity index is 1.91. The van der Waals surface area contributed by atoms with Crippen molar-refractivity contribution in [2.24, 2.45) is 0 Å². The molecule has 0 N–H and O–H groups in total. The smallest absolute Gasteiger partial charge is 0.406 e. The minimum Gasteiger partial charge on any atom is -0.406 e. The predicted molar refractivity (Wildman–Crippen MR) is 84.9 cm³/mol. The van der Waals surface area contributed by atoms with E-state index in [9.17, 15) is 18.0 Å². The van der Waals surface area contributed by atoms with E-state index < -0.39 is 11.9 Å². The monoisotopic (exact) mass is 353 g/mol. The van der Waals surface area contributed by atoms with Crippen LogP contribution in [0.4, 0.5) is 24.0 Å². The number of nitrogens with zero attached hydrogens (tertiary/aromatic N) is 3. The molecule has 0 atom stereocenters. The van der Waals surface area contributed by atoms with Crippen molar-refractivity contribution in [3.05, 3.63) is 52.9 Å². The summed E-state index contributed by atoms with van der Waals surface area (Å²) < 4.78 is 40.4. The van der Waals surface area contributed by atoms with E-state index in [1.54, 1.807) is 30.3 Å². The largest absolute Gasteiger partial charge is 0.573 e. The van der Waals surface area contributed by atoms with Gasteiger partial charge >= 0.3 is 6.36 Å². The average Bonchev–Trinajstić information content (AvgIpc) is 2.53. The van der Waals surface area contributed by atoms with Gasteiger partial charge in [-0.1, -0.05) is 11.3 Å². The first kappa shape index (κ1) is 16.2. The number of anilines is 2. The van der Waals surface area contributed by atoms with Gasteiger partial charge in [0.25, 0.3) is 5.56 Å². The lowest BCUT2D eigenvalue weighted by Crippen LogP contribution is -2.17. The fourth-order valence-corrected chi connectivity index (χ4v) is 2.94. The Kier molecular flexibility index (Phi) is 4.10. The van der Waals surface area contributed by atoms with E-state index in [1.165, 1.54) is 35.6 Å². The molecule has 0 saturated heterocycles. The molecule has 0 saturated carbocycles. The van der Waals surface area contributed by atoms with Gasteiger partial charge < -0.3 is 9.64 Å². The highest BCUT2D eigenvalue weighted by Crippen LogP contribution is 2.30. The molecule has 0 amide bonds. The molecule has 124 valence electrons. The fourth-order valence-electron chi connectivity index (χ4n) is 2.02. The van der Waals surface area contributed by atoms with E-state index in [0.29, 0.717) is 21.0 Å². The number of ether oxygens (including phenoxy) is 1. The van der Waals surface area contributed by atoms with Gasteiger partial charge in [0.2, 0.25) is 0 Å². The van der Waals surface area contributed by atoms with Crippen molar-refractivity contribution >= 4 is 32.4 Å². The Morgan fingerprint density at radius 2 is 1.88 bits per heavy atom. The third-order valence-electron chi connectivity index (χ3n) is 3.13. The second-order valence-electron chi connectivity index (χ2n) is 4.76. The lowest BCUT2D eigenvalue weighted by molar-refractivity contribution is -0.274. The number of hydrogen-bond acceptors (Lipinski definition) is 6. The van der Waals surface area contributed by atoms with Gasteiger partial charge in [0, 0.05) is 18.9 Å². The first-order valence-corrected chi connectivity index (χ1v) is 7.50. The standard InChI is InChI=1S/C15H10F3N3O2S/c1-21(9-4-6-10(7-5-9)23-15(16,17)18)14-20-12(22)11-3-2-8-19-13(11)24-14/h2-8H,1H3. The summed E-state index contributed by atoms with van der Waals surface area (Å²) in [6, 6.07) is 8.58. The normalized spacial score (nSPS) is 11.5. The van der Waals surface area contributed by atoms with Gasteiger partial charge in [-0.25, -0.2) is 4.98 Å². The predicted octanol–water partition coefficient (Wildman–Crippen LogP) is 3.72. The molecule has 24 heavy (non-hydrogen) atoms. The summed E-state index contributed by atoms with van der Waals surface area (Å²) in [5, 5.41) is 0.810. The average molecular weight is 353 g/mol. The topological polar surface area (TPSA) is 55.3 Å². The van der Waals surface area contributed by atoms with E-state index in [1.807, 2.05) is 0 Å². The summed E-state index contributed by atoms with van der Waals surface area (Å²) >= 11 is 1.21. The summed E-state index contributed by atoms with van der Waals surface area (Å²) in [5.41, 5.74) is 0.152. The molecule has 0 aliphatic heterocycles. The molecular weight excluding hydrogens is 343 g/mol. The molecule has 1 aromatic carbocycles. The maximum Gasteiger partial charge on any atom is 0.573 e. The Morgan fingerprint density at radius 3 is 2.54 bits per heavy atom. The van der Waals surface area contributed by atoms with Gasteiger partial charge in [-0.15, -0.1) is 13.2 Å². The quantitative estimate of drug-likeness (QED) is 0.718. The molecular formula is C15H10F3N3O2S. The van der Waals surface area contributed by atoms with Gasteiger partial charge in [0.05, 0.1) is 5.39 Å². The molecule has 3 rings (SSSR count). The summed E-state index contributed by atoms with van der Waals surface area (Å²) in [5.74, 6) is -0.319. The fraction of sp³-hybridized carbons (Fsp3) is 0.133. The van der Waals surface area contributed by atoms with Crippen LogP contribution in [0.5, 0.6) is 5.75 Å². The minimum atomic E-state index is -4.74. The van der Waals surface area contributed by atoms with Crippen LogP contribution in [-0.4, -0.2) is 23.4 Å². The zero-order valence-electron chi connectivity index (χ0n) is 12.2. The van der Waals surface area contributed by atoms with Crippen molar-refractivity contribution in [1.29, 1.82) is 0 Å². The first-order valence-electron chi connectivity index (χ1n) is 6.69. The first-order chi connectivity index (χ1) is 11.3. The molecule has 0 radical (unpaired) electrons. The summed E-state index contributed by atoms with van der Waals surface area (Å²) in [7, 11) is 1.66. The Bertz CT molecular complexity index is 926. The number of alkyl halides is 3. The summed E-state index contributed by atoms with van der Waals surface area (Å²) in [4.78, 5) is 22.3. The zero-order chi connectivity index (χ0) is 17.3. The van der Waals surface area contributed by atoms with Crippen LogP contribution in [-0.2, 0) is 0 Å². The Morgan fingerprint density at radius 1 is 1.17 bits per heavy atom. The van der Waals surface area contributed by atoms with Gasteiger partial charge in [0.1, 0.15) is 10.6 Å². The van der Waals surface area contributed by atoms with Crippen LogP contribution in [0.25, 0.3) is 10.2 Å². The summed E-state index contributed by atoms with van der Waals surface area (Å²) in [6.45, 7) is 0. The molecule has 0 unspecified atom stereocenters. The second kappa shape index (κ2) is 6.08.